The first-order chi connectivity index (χ1) is 8.15. The second-order valence-electron chi connectivity index (χ2n) is 4.80. The molecule has 2 atom stereocenters. The summed E-state index contributed by atoms with van der Waals surface area (Å²) < 4.78 is 0. The molecule has 2 rings (SSSR count). The predicted octanol–water partition coefficient (Wildman–Crippen LogP) is 3.08. The van der Waals surface area contributed by atoms with E-state index in [4.69, 9.17) is 11.6 Å². The number of rotatable bonds is 2. The molecule has 3 heteroatoms. The molecule has 0 aromatic heterocycles. The molecule has 0 spiro atoms. The van der Waals surface area contributed by atoms with Gasteiger partial charge in [-0.3, -0.25) is 4.79 Å². The topological polar surface area (TPSA) is 20.3 Å². The van der Waals surface area contributed by atoms with Crippen LogP contribution < -0.4 is 0 Å². The first-order valence-electron chi connectivity index (χ1n) is 6.07. The zero-order chi connectivity index (χ0) is 12.4. The van der Waals surface area contributed by atoms with Gasteiger partial charge in [0.25, 0.3) is 5.91 Å². The summed E-state index contributed by atoms with van der Waals surface area (Å²) in [6, 6.07) is 7.92. The van der Waals surface area contributed by atoms with Gasteiger partial charge in [0.15, 0.2) is 0 Å². The first kappa shape index (κ1) is 12.4. The number of aryl methyl sites for hydroxylation is 1. The van der Waals surface area contributed by atoms with Crippen molar-refractivity contribution in [3.63, 3.8) is 0 Å². The van der Waals surface area contributed by atoms with Crippen molar-refractivity contribution in [1.29, 1.82) is 0 Å². The quantitative estimate of drug-likeness (QED) is 0.740. The van der Waals surface area contributed by atoms with E-state index in [1.54, 1.807) is 0 Å². The number of alkyl halides is 1. The van der Waals surface area contributed by atoms with Crippen LogP contribution in [0, 0.1) is 12.8 Å². The molecule has 17 heavy (non-hydrogen) atoms. The zero-order valence-electron chi connectivity index (χ0n) is 10.3. The number of likely N-dealkylation sites (tertiary alicyclic amines) is 1. The number of halogens is 1. The molecule has 1 fully saturated rings. The Labute approximate surface area is 108 Å². The Morgan fingerprint density at radius 1 is 1.47 bits per heavy atom. The lowest BCUT2D eigenvalue weighted by molar-refractivity contribution is 0.0736. The Balaban J connectivity index is 2.24. The van der Waals surface area contributed by atoms with Crippen molar-refractivity contribution in [1.82, 2.24) is 4.90 Å². The number of hydrogen-bond acceptors (Lipinski definition) is 1. The Bertz CT molecular complexity index is 418. The number of hydrogen-bond donors (Lipinski definition) is 0. The van der Waals surface area contributed by atoms with Crippen LogP contribution in [0.2, 0.25) is 0 Å². The highest BCUT2D eigenvalue weighted by Gasteiger charge is 2.34. The Kier molecular flexibility index (Phi) is 3.72. The molecule has 1 amide bonds. The van der Waals surface area contributed by atoms with E-state index < -0.39 is 0 Å². The molecule has 0 aliphatic carbocycles. The molecule has 92 valence electrons. The molecule has 0 bridgehead atoms. The summed E-state index contributed by atoms with van der Waals surface area (Å²) in [6.45, 7) is 4.96. The van der Waals surface area contributed by atoms with E-state index in [0.717, 1.165) is 24.1 Å². The molecule has 1 heterocycles. The third kappa shape index (κ3) is 2.32. The van der Waals surface area contributed by atoms with E-state index in [1.165, 1.54) is 0 Å². The molecule has 1 aliphatic rings. The third-order valence-electron chi connectivity index (χ3n) is 3.68. The summed E-state index contributed by atoms with van der Waals surface area (Å²) in [5.41, 5.74) is 1.84. The van der Waals surface area contributed by atoms with Gasteiger partial charge in [-0.15, -0.1) is 11.6 Å². The average molecular weight is 252 g/mol. The van der Waals surface area contributed by atoms with E-state index in [0.29, 0.717) is 11.8 Å². The number of amides is 1. The summed E-state index contributed by atoms with van der Waals surface area (Å²) in [5.74, 6) is 1.15. The zero-order valence-corrected chi connectivity index (χ0v) is 11.1. The summed E-state index contributed by atoms with van der Waals surface area (Å²) in [7, 11) is 0. The lowest BCUT2D eigenvalue weighted by Crippen LogP contribution is -2.38. The molecule has 0 saturated carbocycles. The van der Waals surface area contributed by atoms with Gasteiger partial charge in [0, 0.05) is 24.0 Å². The summed E-state index contributed by atoms with van der Waals surface area (Å²) >= 11 is 5.97. The number of benzene rings is 1. The van der Waals surface area contributed by atoms with Crippen LogP contribution in [0.25, 0.3) is 0 Å². The minimum Gasteiger partial charge on any atom is -0.334 e. The van der Waals surface area contributed by atoms with Gasteiger partial charge in [-0.25, -0.2) is 0 Å². The van der Waals surface area contributed by atoms with Crippen LogP contribution in [0.4, 0.5) is 0 Å². The highest BCUT2D eigenvalue weighted by atomic mass is 35.5. The van der Waals surface area contributed by atoms with Gasteiger partial charge in [0.05, 0.1) is 0 Å². The number of carbonyl (C=O) groups excluding carboxylic acids is 1. The highest BCUT2D eigenvalue weighted by molar-refractivity contribution is 6.18. The van der Waals surface area contributed by atoms with Crippen LogP contribution in [0.15, 0.2) is 24.3 Å². The molecule has 1 aromatic carbocycles. The van der Waals surface area contributed by atoms with Crippen molar-refractivity contribution >= 4 is 17.5 Å². The van der Waals surface area contributed by atoms with Gasteiger partial charge in [-0.1, -0.05) is 25.1 Å². The molecule has 1 aliphatic heterocycles. The van der Waals surface area contributed by atoms with Gasteiger partial charge in [0.2, 0.25) is 0 Å². The van der Waals surface area contributed by atoms with E-state index in [2.05, 4.69) is 6.92 Å². The van der Waals surface area contributed by atoms with Crippen molar-refractivity contribution in [2.45, 2.75) is 26.3 Å². The molecular formula is C14H18ClNO. The first-order valence-corrected chi connectivity index (χ1v) is 6.61. The Morgan fingerprint density at radius 2 is 2.18 bits per heavy atom. The van der Waals surface area contributed by atoms with Gasteiger partial charge < -0.3 is 4.90 Å². The van der Waals surface area contributed by atoms with Crippen LogP contribution in [0.1, 0.15) is 29.3 Å². The Hall–Kier alpha value is -1.02. The minimum absolute atomic E-state index is 0.123. The lowest BCUT2D eigenvalue weighted by Gasteiger charge is -2.25. The van der Waals surface area contributed by atoms with E-state index in [1.807, 2.05) is 36.1 Å². The number of nitrogens with zero attached hydrogens (tertiary/aromatic N) is 1. The maximum atomic E-state index is 12.4. The maximum Gasteiger partial charge on any atom is 0.254 e. The molecule has 2 nitrogen and oxygen atoms in total. The molecule has 1 aromatic rings. The fourth-order valence-electron chi connectivity index (χ4n) is 2.46. The molecule has 0 N–H and O–H groups in total. The van der Waals surface area contributed by atoms with E-state index >= 15 is 0 Å². The highest BCUT2D eigenvalue weighted by Crippen LogP contribution is 2.27. The lowest BCUT2D eigenvalue weighted by atomic mass is 10.0. The van der Waals surface area contributed by atoms with Gasteiger partial charge >= 0.3 is 0 Å². The molecule has 1 saturated heterocycles. The fraction of sp³-hybridized carbons (Fsp3) is 0.500. The normalized spacial score (nSPS) is 24.1. The van der Waals surface area contributed by atoms with Crippen molar-refractivity contribution in [2.75, 3.05) is 12.4 Å². The second-order valence-corrected chi connectivity index (χ2v) is 5.11. The monoisotopic (exact) mass is 251 g/mol. The van der Waals surface area contributed by atoms with Crippen LogP contribution >= 0.6 is 11.6 Å². The smallest absolute Gasteiger partial charge is 0.254 e. The van der Waals surface area contributed by atoms with Crippen LogP contribution in [0.3, 0.4) is 0 Å². The Morgan fingerprint density at radius 3 is 2.82 bits per heavy atom. The fourth-order valence-corrected chi connectivity index (χ4v) is 2.93. The predicted molar refractivity (Wildman–Crippen MR) is 70.5 cm³/mol. The van der Waals surface area contributed by atoms with Crippen molar-refractivity contribution in [3.05, 3.63) is 35.4 Å². The van der Waals surface area contributed by atoms with Gasteiger partial charge in [-0.05, 0) is 30.9 Å². The van der Waals surface area contributed by atoms with E-state index in [9.17, 15) is 4.79 Å². The molecular weight excluding hydrogens is 234 g/mol. The standard InChI is InChI=1S/C14H18ClNO/c1-10-5-3-4-6-12(10)14(17)16-8-7-11(2)13(16)9-15/h3-6,11,13H,7-9H2,1-2H3. The molecule has 2 unspecified atom stereocenters. The van der Waals surface area contributed by atoms with Crippen molar-refractivity contribution in [2.24, 2.45) is 5.92 Å². The maximum absolute atomic E-state index is 12.4. The van der Waals surface area contributed by atoms with Gasteiger partial charge in [0.1, 0.15) is 0 Å². The largest absolute Gasteiger partial charge is 0.334 e. The molecule has 0 radical (unpaired) electrons. The second kappa shape index (κ2) is 5.09. The summed E-state index contributed by atoms with van der Waals surface area (Å²) in [6.07, 6.45) is 1.05. The van der Waals surface area contributed by atoms with E-state index in [-0.39, 0.29) is 11.9 Å². The van der Waals surface area contributed by atoms with Crippen LogP contribution in [-0.2, 0) is 0 Å². The SMILES string of the molecule is Cc1ccccc1C(=O)N1CCC(C)C1CCl. The summed E-state index contributed by atoms with van der Waals surface area (Å²) in [4.78, 5) is 14.4. The summed E-state index contributed by atoms with van der Waals surface area (Å²) in [5, 5.41) is 0. The minimum atomic E-state index is 0.123. The van der Waals surface area contributed by atoms with Crippen LogP contribution in [0.5, 0.6) is 0 Å². The van der Waals surface area contributed by atoms with Crippen molar-refractivity contribution in [3.8, 4) is 0 Å². The van der Waals surface area contributed by atoms with Gasteiger partial charge in [-0.2, -0.15) is 0 Å². The van der Waals surface area contributed by atoms with Crippen molar-refractivity contribution < 1.29 is 4.79 Å². The number of carbonyl (C=O) groups is 1. The average Bonchev–Trinajstić information content (AvgIpc) is 2.70. The third-order valence-corrected chi connectivity index (χ3v) is 3.99. The van der Waals surface area contributed by atoms with Crippen LogP contribution in [-0.4, -0.2) is 29.3 Å².